The Balaban J connectivity index is 1.73. The minimum absolute atomic E-state index is 0.684. The third-order valence-electron chi connectivity index (χ3n) is 8.11. The molecule has 2 aliphatic carbocycles. The van der Waals surface area contributed by atoms with Gasteiger partial charge < -0.3 is 5.32 Å². The smallest absolute Gasteiger partial charge is 0.0711 e. The van der Waals surface area contributed by atoms with Crippen LogP contribution in [0.25, 0.3) is 16.8 Å². The van der Waals surface area contributed by atoms with Crippen LogP contribution in [0.15, 0.2) is 194 Å². The highest BCUT2D eigenvalue weighted by atomic mass is 14.9. The average Bonchev–Trinajstić information content (AvgIpc) is 3.08. The van der Waals surface area contributed by atoms with E-state index in [2.05, 4.69) is 158 Å². The molecule has 1 spiro atoms. The first-order chi connectivity index (χ1) is 21.2. The Labute approximate surface area is 255 Å². The number of hydrogen-bond acceptors (Lipinski definition) is 1. The van der Waals surface area contributed by atoms with E-state index in [1.165, 1.54) is 33.0 Å². The van der Waals surface area contributed by atoms with Gasteiger partial charge in [-0.1, -0.05) is 159 Å². The fourth-order valence-corrected chi connectivity index (χ4v) is 6.28. The number of rotatable bonds is 5. The number of benzene rings is 4. The predicted molar refractivity (Wildman–Crippen MR) is 186 cm³/mol. The van der Waals surface area contributed by atoms with E-state index in [1.807, 2.05) is 18.2 Å². The number of nitrogens with one attached hydrogen (secondary N) is 1. The fraction of sp³-hybridized carbons (Fsp3) is 0.0476. The molecule has 1 N–H and O–H groups in total. The van der Waals surface area contributed by atoms with Gasteiger partial charge in [-0.25, -0.2) is 0 Å². The summed E-state index contributed by atoms with van der Waals surface area (Å²) >= 11 is 0. The Morgan fingerprint density at radius 2 is 1.49 bits per heavy atom. The topological polar surface area (TPSA) is 12.0 Å². The zero-order valence-corrected chi connectivity index (χ0v) is 24.3. The minimum atomic E-state index is -0.684. The summed E-state index contributed by atoms with van der Waals surface area (Å²) in [7, 11) is 0. The third kappa shape index (κ3) is 5.46. The normalized spacial score (nSPS) is 22.5. The van der Waals surface area contributed by atoms with Gasteiger partial charge in [0.25, 0.3) is 0 Å². The SMILES string of the molecule is C=C\C=C/C=C\C=C1\C=C/C=C\c2ccccc2C12C(=C)/C=C(Nc1ccccc1)\C=C/Cc1ccc3ccccc3c12. The first-order valence-electron chi connectivity index (χ1n) is 14.7. The van der Waals surface area contributed by atoms with Crippen LogP contribution < -0.4 is 5.32 Å². The lowest BCUT2D eigenvalue weighted by molar-refractivity contribution is 0.740. The molecule has 0 saturated carbocycles. The lowest BCUT2D eigenvalue weighted by Crippen LogP contribution is -2.34. The standard InChI is InChI=1S/C42H35N/c1-3-4-5-6-8-22-36-23-14-11-19-34-20-13-16-28-40(34)42(36)32(2)31-38(43-37-24-9-7-10-25-37)26-17-21-35-30-29-33-18-12-15-27-39(33)41(35)42/h3-20,22-31,43H,1-2,21H2/b5-4-,8-6-,19-11-,23-14-,26-17-,36-22-,38-31+. The van der Waals surface area contributed by atoms with Crippen molar-refractivity contribution < 1.29 is 0 Å². The van der Waals surface area contributed by atoms with Gasteiger partial charge in [-0.2, -0.15) is 0 Å². The molecule has 0 amide bonds. The Morgan fingerprint density at radius 3 is 2.37 bits per heavy atom. The van der Waals surface area contributed by atoms with Crippen molar-refractivity contribution in [2.24, 2.45) is 0 Å². The molecular weight excluding hydrogens is 518 g/mol. The molecule has 0 aliphatic heterocycles. The van der Waals surface area contributed by atoms with Crippen LogP contribution in [0.2, 0.25) is 0 Å². The Hall–Kier alpha value is -5.40. The van der Waals surface area contributed by atoms with Gasteiger partial charge in [-0.15, -0.1) is 0 Å². The molecule has 0 saturated heterocycles. The van der Waals surface area contributed by atoms with Gasteiger partial charge in [0, 0.05) is 11.4 Å². The highest BCUT2D eigenvalue weighted by molar-refractivity contribution is 5.91. The summed E-state index contributed by atoms with van der Waals surface area (Å²) in [4.78, 5) is 0. The van der Waals surface area contributed by atoms with Crippen molar-refractivity contribution in [3.05, 3.63) is 216 Å². The number of para-hydroxylation sites is 1. The molecule has 6 rings (SSSR count). The summed E-state index contributed by atoms with van der Waals surface area (Å²) in [6, 6.07) is 32.4. The van der Waals surface area contributed by atoms with E-state index >= 15 is 0 Å². The lowest BCUT2D eigenvalue weighted by Gasteiger charge is -2.41. The Morgan fingerprint density at radius 1 is 0.721 bits per heavy atom. The molecule has 0 aromatic heterocycles. The summed E-state index contributed by atoms with van der Waals surface area (Å²) in [6.07, 6.45) is 28.3. The lowest BCUT2D eigenvalue weighted by atomic mass is 9.60. The van der Waals surface area contributed by atoms with Crippen LogP contribution in [0.4, 0.5) is 5.69 Å². The Bertz CT molecular complexity index is 1890. The van der Waals surface area contributed by atoms with Crippen molar-refractivity contribution in [2.75, 3.05) is 5.32 Å². The first-order valence-corrected chi connectivity index (χ1v) is 14.7. The van der Waals surface area contributed by atoms with Crippen molar-refractivity contribution >= 4 is 22.5 Å². The fourth-order valence-electron chi connectivity index (χ4n) is 6.28. The highest BCUT2D eigenvalue weighted by Gasteiger charge is 2.43. The molecule has 208 valence electrons. The van der Waals surface area contributed by atoms with E-state index in [4.69, 9.17) is 6.58 Å². The molecular formula is C42H35N. The molecule has 1 heteroatoms. The maximum absolute atomic E-state index is 4.91. The molecule has 43 heavy (non-hydrogen) atoms. The molecule has 0 heterocycles. The van der Waals surface area contributed by atoms with Gasteiger partial charge in [-0.3, -0.25) is 0 Å². The maximum atomic E-state index is 4.91. The largest absolute Gasteiger partial charge is 0.356 e. The van der Waals surface area contributed by atoms with Crippen molar-refractivity contribution in [1.29, 1.82) is 0 Å². The minimum Gasteiger partial charge on any atom is -0.356 e. The zero-order valence-electron chi connectivity index (χ0n) is 24.3. The molecule has 4 aromatic carbocycles. The molecule has 0 radical (unpaired) electrons. The van der Waals surface area contributed by atoms with Gasteiger partial charge in [0.15, 0.2) is 0 Å². The van der Waals surface area contributed by atoms with E-state index < -0.39 is 5.41 Å². The van der Waals surface area contributed by atoms with E-state index in [9.17, 15) is 0 Å². The summed E-state index contributed by atoms with van der Waals surface area (Å²) in [6.45, 7) is 8.72. The van der Waals surface area contributed by atoms with Crippen molar-refractivity contribution in [3.8, 4) is 0 Å². The van der Waals surface area contributed by atoms with Crippen LogP contribution in [0.5, 0.6) is 0 Å². The Kier molecular flexibility index (Phi) is 8.15. The third-order valence-corrected chi connectivity index (χ3v) is 8.11. The van der Waals surface area contributed by atoms with Gasteiger partial charge in [0.05, 0.1) is 5.41 Å². The molecule has 0 bridgehead atoms. The van der Waals surface area contributed by atoms with Crippen LogP contribution in [-0.4, -0.2) is 0 Å². The number of hydrogen-bond donors (Lipinski definition) is 1. The predicted octanol–water partition coefficient (Wildman–Crippen LogP) is 10.6. The van der Waals surface area contributed by atoms with Gasteiger partial charge in [-0.05, 0) is 74.9 Å². The van der Waals surface area contributed by atoms with E-state index in [1.54, 1.807) is 6.08 Å². The number of allylic oxidation sites excluding steroid dienone is 14. The monoisotopic (exact) mass is 553 g/mol. The summed E-state index contributed by atoms with van der Waals surface area (Å²) in [5.41, 5.74) is 8.41. The average molecular weight is 554 g/mol. The summed E-state index contributed by atoms with van der Waals surface area (Å²) in [5, 5.41) is 6.10. The van der Waals surface area contributed by atoms with E-state index in [0.29, 0.717) is 0 Å². The number of fused-ring (bicyclic) bond motifs is 6. The van der Waals surface area contributed by atoms with E-state index in [0.717, 1.165) is 29.0 Å². The van der Waals surface area contributed by atoms with Crippen LogP contribution in [0.1, 0.15) is 22.3 Å². The number of anilines is 1. The zero-order chi connectivity index (χ0) is 29.5. The van der Waals surface area contributed by atoms with Crippen LogP contribution in [0, 0.1) is 0 Å². The quantitative estimate of drug-likeness (QED) is 0.242. The molecule has 0 fully saturated rings. The highest BCUT2D eigenvalue weighted by Crippen LogP contribution is 2.52. The van der Waals surface area contributed by atoms with Crippen molar-refractivity contribution in [1.82, 2.24) is 0 Å². The molecule has 1 nitrogen and oxygen atoms in total. The first kappa shape index (κ1) is 27.8. The van der Waals surface area contributed by atoms with Crippen molar-refractivity contribution in [2.45, 2.75) is 11.8 Å². The van der Waals surface area contributed by atoms with Gasteiger partial charge in [0.1, 0.15) is 0 Å². The summed E-state index contributed by atoms with van der Waals surface area (Å²) in [5.74, 6) is 0. The van der Waals surface area contributed by atoms with Crippen LogP contribution >= 0.6 is 0 Å². The second-order valence-corrected chi connectivity index (χ2v) is 10.7. The van der Waals surface area contributed by atoms with Gasteiger partial charge in [0.2, 0.25) is 0 Å². The van der Waals surface area contributed by atoms with Crippen LogP contribution in [0.3, 0.4) is 0 Å². The second kappa shape index (κ2) is 12.6. The molecule has 2 aliphatic rings. The van der Waals surface area contributed by atoms with E-state index in [-0.39, 0.29) is 0 Å². The molecule has 1 unspecified atom stereocenters. The maximum Gasteiger partial charge on any atom is 0.0711 e. The second-order valence-electron chi connectivity index (χ2n) is 10.7. The summed E-state index contributed by atoms with van der Waals surface area (Å²) < 4.78 is 0. The van der Waals surface area contributed by atoms with Gasteiger partial charge >= 0.3 is 0 Å². The van der Waals surface area contributed by atoms with Crippen molar-refractivity contribution in [3.63, 3.8) is 0 Å². The molecule has 1 atom stereocenters. The van der Waals surface area contributed by atoms with Crippen LogP contribution in [-0.2, 0) is 11.8 Å². The molecule has 4 aromatic rings.